The highest BCUT2D eigenvalue weighted by Gasteiger charge is 2.24. The zero-order valence-electron chi connectivity index (χ0n) is 14.6. The summed E-state index contributed by atoms with van der Waals surface area (Å²) >= 11 is 0. The predicted molar refractivity (Wildman–Crippen MR) is 94.1 cm³/mol. The predicted octanol–water partition coefficient (Wildman–Crippen LogP) is 3.02. The van der Waals surface area contributed by atoms with Crippen molar-refractivity contribution in [2.45, 2.75) is 39.2 Å². The van der Waals surface area contributed by atoms with Crippen LogP contribution in [-0.2, 0) is 9.53 Å². The number of ether oxygens (including phenoxy) is 1. The zero-order chi connectivity index (χ0) is 18.4. The Bertz CT molecular complexity index is 761. The highest BCUT2D eigenvalue weighted by Crippen LogP contribution is 2.26. The standard InChI is InChI=1S/C19H22N2O4/c1-4-13(2)15-9-5-6-10-16(15)20-18(22)14(3)25-19(23)17-11-7-8-12-21(17)24/h5-14H,4H2,1-3H3,(H,20,22)/t13-,14+/m1/s1. The van der Waals surface area contributed by atoms with E-state index >= 15 is 0 Å². The van der Waals surface area contributed by atoms with Gasteiger partial charge in [0, 0.05) is 17.8 Å². The van der Waals surface area contributed by atoms with Crippen molar-refractivity contribution in [3.05, 3.63) is 65.1 Å². The number of anilines is 1. The molecule has 0 aliphatic heterocycles. The lowest BCUT2D eigenvalue weighted by Gasteiger charge is -2.18. The monoisotopic (exact) mass is 342 g/mol. The Morgan fingerprint density at radius 2 is 1.84 bits per heavy atom. The lowest BCUT2D eigenvalue weighted by Crippen LogP contribution is -2.37. The minimum absolute atomic E-state index is 0.165. The maximum atomic E-state index is 12.4. The van der Waals surface area contributed by atoms with Crippen LogP contribution in [0.2, 0.25) is 0 Å². The lowest BCUT2D eigenvalue weighted by atomic mass is 9.97. The Hall–Kier alpha value is -2.89. The summed E-state index contributed by atoms with van der Waals surface area (Å²) in [5, 5.41) is 14.4. The van der Waals surface area contributed by atoms with Crippen LogP contribution in [0.4, 0.5) is 5.69 Å². The van der Waals surface area contributed by atoms with Crippen molar-refractivity contribution in [1.29, 1.82) is 0 Å². The van der Waals surface area contributed by atoms with Crippen LogP contribution in [0, 0.1) is 5.21 Å². The summed E-state index contributed by atoms with van der Waals surface area (Å²) in [6, 6.07) is 11.9. The first-order valence-corrected chi connectivity index (χ1v) is 8.23. The van der Waals surface area contributed by atoms with Crippen molar-refractivity contribution in [3.8, 4) is 0 Å². The number of aromatic nitrogens is 1. The maximum absolute atomic E-state index is 12.4. The molecule has 0 aliphatic rings. The van der Waals surface area contributed by atoms with Crippen LogP contribution in [0.15, 0.2) is 48.7 Å². The second-order valence-electron chi connectivity index (χ2n) is 5.85. The summed E-state index contributed by atoms with van der Waals surface area (Å²) in [4.78, 5) is 24.4. The third-order valence-corrected chi connectivity index (χ3v) is 4.05. The molecule has 0 saturated heterocycles. The van der Waals surface area contributed by atoms with Crippen molar-refractivity contribution in [2.24, 2.45) is 0 Å². The topological polar surface area (TPSA) is 82.3 Å². The fraction of sp³-hybridized carbons (Fsp3) is 0.316. The van der Waals surface area contributed by atoms with E-state index in [0.29, 0.717) is 10.4 Å². The Kier molecular flexibility index (Phi) is 6.11. The Balaban J connectivity index is 2.06. The molecule has 0 bridgehead atoms. The third kappa shape index (κ3) is 4.56. The highest BCUT2D eigenvalue weighted by atomic mass is 16.6. The first-order chi connectivity index (χ1) is 11.9. The smallest absolute Gasteiger partial charge is 0.405 e. The second-order valence-corrected chi connectivity index (χ2v) is 5.85. The molecular weight excluding hydrogens is 320 g/mol. The van der Waals surface area contributed by atoms with E-state index in [2.05, 4.69) is 19.2 Å². The van der Waals surface area contributed by atoms with Crippen LogP contribution < -0.4 is 10.0 Å². The number of nitrogens with zero attached hydrogens (tertiary/aromatic N) is 1. The van der Waals surface area contributed by atoms with Gasteiger partial charge in [0.15, 0.2) is 12.3 Å². The van der Waals surface area contributed by atoms with Crippen molar-refractivity contribution >= 4 is 17.6 Å². The molecular formula is C19H22N2O4. The number of carbonyl (C=O) groups excluding carboxylic acids is 2. The first kappa shape index (κ1) is 18.4. The average Bonchev–Trinajstić information content (AvgIpc) is 2.61. The van der Waals surface area contributed by atoms with E-state index in [9.17, 15) is 14.8 Å². The van der Waals surface area contributed by atoms with Crippen molar-refractivity contribution < 1.29 is 19.1 Å². The Labute approximate surface area is 147 Å². The van der Waals surface area contributed by atoms with Gasteiger partial charge in [-0.3, -0.25) is 4.79 Å². The number of pyridine rings is 1. The molecule has 2 atom stereocenters. The van der Waals surface area contributed by atoms with Crippen molar-refractivity contribution in [1.82, 2.24) is 0 Å². The molecule has 0 spiro atoms. The van der Waals surface area contributed by atoms with Gasteiger partial charge in [-0.1, -0.05) is 32.0 Å². The zero-order valence-corrected chi connectivity index (χ0v) is 14.6. The number of hydrogen-bond donors (Lipinski definition) is 1. The molecule has 0 fully saturated rings. The van der Waals surface area contributed by atoms with Gasteiger partial charge in [-0.15, -0.1) is 0 Å². The molecule has 25 heavy (non-hydrogen) atoms. The van der Waals surface area contributed by atoms with Gasteiger partial charge >= 0.3 is 11.7 Å². The van der Waals surface area contributed by atoms with Crippen LogP contribution in [0.3, 0.4) is 0 Å². The lowest BCUT2D eigenvalue weighted by molar-refractivity contribution is -0.608. The maximum Gasteiger partial charge on any atom is 0.405 e. The summed E-state index contributed by atoms with van der Waals surface area (Å²) < 4.78 is 5.51. The SMILES string of the molecule is CC[C@@H](C)c1ccccc1NC(=O)[C@H](C)OC(=O)c1cccc[n+]1[O-]. The molecule has 6 nitrogen and oxygen atoms in total. The quantitative estimate of drug-likeness (QED) is 0.497. The summed E-state index contributed by atoms with van der Waals surface area (Å²) in [6.45, 7) is 5.62. The molecule has 1 heterocycles. The minimum atomic E-state index is -1.03. The fourth-order valence-electron chi connectivity index (χ4n) is 2.36. The van der Waals surface area contributed by atoms with Gasteiger partial charge in [-0.2, -0.15) is 4.73 Å². The molecule has 0 saturated carbocycles. The van der Waals surface area contributed by atoms with Gasteiger partial charge in [0.25, 0.3) is 5.91 Å². The Morgan fingerprint density at radius 1 is 1.16 bits per heavy atom. The molecule has 0 unspecified atom stereocenters. The summed E-state index contributed by atoms with van der Waals surface area (Å²) in [5.74, 6) is -0.996. The van der Waals surface area contributed by atoms with E-state index < -0.39 is 18.0 Å². The molecule has 2 aromatic rings. The van der Waals surface area contributed by atoms with Gasteiger partial charge in [0.1, 0.15) is 0 Å². The van der Waals surface area contributed by atoms with E-state index in [4.69, 9.17) is 4.74 Å². The molecule has 1 aromatic heterocycles. The fourth-order valence-corrected chi connectivity index (χ4v) is 2.36. The number of nitrogens with one attached hydrogen (secondary N) is 1. The van der Waals surface area contributed by atoms with Crippen LogP contribution in [0.5, 0.6) is 0 Å². The summed E-state index contributed by atoms with van der Waals surface area (Å²) in [7, 11) is 0. The van der Waals surface area contributed by atoms with Crippen LogP contribution >= 0.6 is 0 Å². The van der Waals surface area contributed by atoms with E-state index in [1.165, 1.54) is 25.3 Å². The summed E-state index contributed by atoms with van der Waals surface area (Å²) in [5.41, 5.74) is 1.56. The van der Waals surface area contributed by atoms with Gasteiger partial charge in [-0.25, -0.2) is 4.79 Å². The highest BCUT2D eigenvalue weighted by molar-refractivity contribution is 5.97. The Morgan fingerprint density at radius 3 is 2.52 bits per heavy atom. The van der Waals surface area contributed by atoms with Gasteiger partial charge < -0.3 is 15.3 Å². The second kappa shape index (κ2) is 8.28. The number of carbonyl (C=O) groups is 2. The molecule has 1 aromatic carbocycles. The van der Waals surface area contributed by atoms with Gasteiger partial charge in [0.2, 0.25) is 0 Å². The molecule has 0 radical (unpaired) electrons. The van der Waals surface area contributed by atoms with Crippen LogP contribution in [0.1, 0.15) is 49.2 Å². The van der Waals surface area contributed by atoms with E-state index in [-0.39, 0.29) is 11.6 Å². The minimum Gasteiger partial charge on any atom is -0.618 e. The van der Waals surface area contributed by atoms with Crippen molar-refractivity contribution in [3.63, 3.8) is 0 Å². The number of hydrogen-bond acceptors (Lipinski definition) is 4. The van der Waals surface area contributed by atoms with Gasteiger partial charge in [0.05, 0.1) is 0 Å². The molecule has 6 heteroatoms. The average molecular weight is 342 g/mol. The molecule has 2 rings (SSSR count). The van der Waals surface area contributed by atoms with E-state index in [1.54, 1.807) is 6.07 Å². The largest absolute Gasteiger partial charge is 0.618 e. The molecule has 1 N–H and O–H groups in total. The molecule has 132 valence electrons. The van der Waals surface area contributed by atoms with Crippen LogP contribution in [-0.4, -0.2) is 18.0 Å². The number of esters is 1. The van der Waals surface area contributed by atoms with Gasteiger partial charge in [-0.05, 0) is 37.0 Å². The van der Waals surface area contributed by atoms with E-state index in [0.717, 1.165) is 12.0 Å². The number of rotatable bonds is 6. The van der Waals surface area contributed by atoms with Crippen LogP contribution in [0.25, 0.3) is 0 Å². The van der Waals surface area contributed by atoms with Crippen molar-refractivity contribution in [2.75, 3.05) is 5.32 Å². The third-order valence-electron chi connectivity index (χ3n) is 4.05. The molecule has 0 aliphatic carbocycles. The normalized spacial score (nSPS) is 12.9. The first-order valence-electron chi connectivity index (χ1n) is 8.23. The number of para-hydroxylation sites is 1. The van der Waals surface area contributed by atoms with E-state index in [1.807, 2.05) is 24.3 Å². The molecule has 1 amide bonds. The summed E-state index contributed by atoms with van der Waals surface area (Å²) in [6.07, 6.45) is 1.11. The number of amides is 1. The number of benzene rings is 1.